The van der Waals surface area contributed by atoms with Gasteiger partial charge < -0.3 is 20.5 Å². The lowest BCUT2D eigenvalue weighted by Crippen LogP contribution is -2.31. The number of rotatable bonds is 7. The van der Waals surface area contributed by atoms with Crippen molar-refractivity contribution in [2.24, 2.45) is 0 Å². The van der Waals surface area contributed by atoms with E-state index >= 15 is 0 Å². The van der Waals surface area contributed by atoms with Gasteiger partial charge in [0.25, 0.3) is 5.91 Å². The first-order chi connectivity index (χ1) is 9.11. The molecule has 0 saturated carbocycles. The minimum Gasteiger partial charge on any atom is -0.484 e. The normalized spacial score (nSPS) is 9.74. The van der Waals surface area contributed by atoms with Crippen LogP contribution in [0.1, 0.15) is 13.3 Å². The molecule has 0 aromatic heterocycles. The zero-order valence-electron chi connectivity index (χ0n) is 10.8. The van der Waals surface area contributed by atoms with Crippen molar-refractivity contribution in [2.75, 3.05) is 25.5 Å². The van der Waals surface area contributed by atoms with E-state index in [1.54, 1.807) is 31.2 Å². The molecule has 0 atom stereocenters. The van der Waals surface area contributed by atoms with E-state index < -0.39 is 0 Å². The summed E-state index contributed by atoms with van der Waals surface area (Å²) < 4.78 is 9.97. The van der Waals surface area contributed by atoms with Crippen molar-refractivity contribution in [1.29, 1.82) is 0 Å². The summed E-state index contributed by atoms with van der Waals surface area (Å²) >= 11 is 0. The molecule has 0 heterocycles. The van der Waals surface area contributed by atoms with Crippen molar-refractivity contribution >= 4 is 17.6 Å². The number of hydrogen-bond acceptors (Lipinski definition) is 5. The van der Waals surface area contributed by atoms with Crippen LogP contribution in [0, 0.1) is 0 Å². The van der Waals surface area contributed by atoms with Gasteiger partial charge in [-0.3, -0.25) is 9.59 Å². The van der Waals surface area contributed by atoms with Crippen LogP contribution < -0.4 is 15.8 Å². The van der Waals surface area contributed by atoms with Crippen LogP contribution in [0.2, 0.25) is 0 Å². The highest BCUT2D eigenvalue weighted by Crippen LogP contribution is 2.12. The van der Waals surface area contributed by atoms with Crippen LogP contribution in [0.5, 0.6) is 5.75 Å². The van der Waals surface area contributed by atoms with Crippen LogP contribution in [0.15, 0.2) is 24.3 Å². The molecule has 0 spiro atoms. The van der Waals surface area contributed by atoms with Crippen molar-refractivity contribution in [1.82, 2.24) is 5.32 Å². The van der Waals surface area contributed by atoms with Gasteiger partial charge in [-0.1, -0.05) is 0 Å². The van der Waals surface area contributed by atoms with Crippen molar-refractivity contribution in [2.45, 2.75) is 13.3 Å². The van der Waals surface area contributed by atoms with E-state index in [2.05, 4.69) is 5.32 Å². The number of esters is 1. The highest BCUT2D eigenvalue weighted by molar-refractivity contribution is 5.78. The third kappa shape index (κ3) is 6.30. The van der Waals surface area contributed by atoms with Crippen molar-refractivity contribution < 1.29 is 19.1 Å². The maximum atomic E-state index is 11.4. The Hall–Kier alpha value is -2.24. The number of amides is 1. The Morgan fingerprint density at radius 1 is 1.26 bits per heavy atom. The second-order valence-electron chi connectivity index (χ2n) is 3.76. The fraction of sp³-hybridized carbons (Fsp3) is 0.385. The molecule has 0 aliphatic rings. The molecule has 0 saturated heterocycles. The zero-order valence-corrected chi connectivity index (χ0v) is 10.8. The maximum absolute atomic E-state index is 11.4. The number of nitrogens with two attached hydrogens (primary N) is 1. The Labute approximate surface area is 111 Å². The fourth-order valence-electron chi connectivity index (χ4n) is 1.30. The molecule has 6 nitrogen and oxygen atoms in total. The third-order valence-corrected chi connectivity index (χ3v) is 2.21. The topological polar surface area (TPSA) is 90.6 Å². The van der Waals surface area contributed by atoms with E-state index in [-0.39, 0.29) is 31.4 Å². The fourth-order valence-corrected chi connectivity index (χ4v) is 1.30. The minimum atomic E-state index is -0.331. The molecule has 104 valence electrons. The summed E-state index contributed by atoms with van der Waals surface area (Å²) in [6.45, 7) is 2.21. The molecule has 3 N–H and O–H groups in total. The van der Waals surface area contributed by atoms with E-state index in [9.17, 15) is 9.59 Å². The molecule has 0 radical (unpaired) electrons. The van der Waals surface area contributed by atoms with Gasteiger partial charge in [-0.15, -0.1) is 0 Å². The predicted molar refractivity (Wildman–Crippen MR) is 70.6 cm³/mol. The van der Waals surface area contributed by atoms with E-state index in [1.807, 2.05) is 0 Å². The van der Waals surface area contributed by atoms with Gasteiger partial charge in [-0.25, -0.2) is 0 Å². The van der Waals surface area contributed by atoms with Crippen LogP contribution >= 0.6 is 0 Å². The number of hydrogen-bond donors (Lipinski definition) is 2. The van der Waals surface area contributed by atoms with E-state index in [0.717, 1.165) is 0 Å². The lowest BCUT2D eigenvalue weighted by atomic mass is 10.3. The Kier molecular flexibility index (Phi) is 6.21. The van der Waals surface area contributed by atoms with Crippen LogP contribution in [0.3, 0.4) is 0 Å². The van der Waals surface area contributed by atoms with Gasteiger partial charge in [0.05, 0.1) is 13.0 Å². The monoisotopic (exact) mass is 266 g/mol. The minimum absolute atomic E-state index is 0.104. The first-order valence-electron chi connectivity index (χ1n) is 6.02. The number of carbonyl (C=O) groups excluding carboxylic acids is 2. The van der Waals surface area contributed by atoms with Gasteiger partial charge in [0.2, 0.25) is 0 Å². The summed E-state index contributed by atoms with van der Waals surface area (Å²) in [7, 11) is 0. The molecule has 0 aliphatic heterocycles. The maximum Gasteiger partial charge on any atom is 0.307 e. The first kappa shape index (κ1) is 14.8. The molecular formula is C13H18N2O4. The largest absolute Gasteiger partial charge is 0.484 e. The molecule has 0 aliphatic carbocycles. The molecule has 1 aromatic rings. The average Bonchev–Trinajstić information content (AvgIpc) is 2.38. The Bertz CT molecular complexity index is 417. The number of anilines is 1. The molecule has 1 aromatic carbocycles. The lowest BCUT2D eigenvalue weighted by molar-refractivity contribution is -0.143. The van der Waals surface area contributed by atoms with Crippen LogP contribution in [-0.4, -0.2) is 31.6 Å². The molecule has 0 unspecified atom stereocenters. The van der Waals surface area contributed by atoms with Crippen LogP contribution in [-0.2, 0) is 14.3 Å². The van der Waals surface area contributed by atoms with Crippen molar-refractivity contribution in [3.8, 4) is 5.75 Å². The molecule has 1 rings (SSSR count). The number of ether oxygens (including phenoxy) is 2. The number of benzene rings is 1. The highest BCUT2D eigenvalue weighted by Gasteiger charge is 2.05. The van der Waals surface area contributed by atoms with E-state index in [1.165, 1.54) is 0 Å². The summed E-state index contributed by atoms with van der Waals surface area (Å²) in [4.78, 5) is 22.4. The Morgan fingerprint density at radius 2 is 1.95 bits per heavy atom. The Balaban J connectivity index is 2.17. The van der Waals surface area contributed by atoms with Gasteiger partial charge in [0, 0.05) is 12.2 Å². The van der Waals surface area contributed by atoms with E-state index in [4.69, 9.17) is 15.2 Å². The van der Waals surface area contributed by atoms with Crippen LogP contribution in [0.25, 0.3) is 0 Å². The summed E-state index contributed by atoms with van der Waals surface area (Å²) in [6, 6.07) is 6.74. The van der Waals surface area contributed by atoms with Crippen molar-refractivity contribution in [3.05, 3.63) is 24.3 Å². The molecular weight excluding hydrogens is 248 g/mol. The van der Waals surface area contributed by atoms with Gasteiger partial charge in [-0.05, 0) is 31.2 Å². The number of carbonyl (C=O) groups is 2. The number of nitrogens with one attached hydrogen (secondary N) is 1. The lowest BCUT2D eigenvalue weighted by Gasteiger charge is -2.07. The molecule has 0 bridgehead atoms. The molecule has 6 heteroatoms. The number of nitrogen functional groups attached to an aromatic ring is 1. The Morgan fingerprint density at radius 3 is 2.58 bits per heavy atom. The molecule has 19 heavy (non-hydrogen) atoms. The standard InChI is InChI=1S/C13H18N2O4/c1-2-18-13(17)7-8-15-12(16)9-19-11-5-3-10(14)4-6-11/h3-6H,2,7-9,14H2,1H3,(H,15,16). The zero-order chi connectivity index (χ0) is 14.1. The second kappa shape index (κ2) is 7.97. The van der Waals surface area contributed by atoms with Gasteiger partial charge in [0.1, 0.15) is 5.75 Å². The highest BCUT2D eigenvalue weighted by atomic mass is 16.5. The van der Waals surface area contributed by atoms with Gasteiger partial charge in [-0.2, -0.15) is 0 Å². The average molecular weight is 266 g/mol. The van der Waals surface area contributed by atoms with Gasteiger partial charge in [0.15, 0.2) is 6.61 Å². The van der Waals surface area contributed by atoms with Crippen LogP contribution in [0.4, 0.5) is 5.69 Å². The summed E-state index contributed by atoms with van der Waals surface area (Å²) in [5, 5.41) is 2.56. The summed E-state index contributed by atoms with van der Waals surface area (Å²) in [6.07, 6.45) is 0.154. The molecule has 1 amide bonds. The summed E-state index contributed by atoms with van der Waals surface area (Å²) in [5.74, 6) is -0.0573. The summed E-state index contributed by atoms with van der Waals surface area (Å²) in [5.41, 5.74) is 6.15. The smallest absolute Gasteiger partial charge is 0.307 e. The third-order valence-electron chi connectivity index (χ3n) is 2.21. The van der Waals surface area contributed by atoms with Gasteiger partial charge >= 0.3 is 5.97 Å². The molecule has 0 fully saturated rings. The first-order valence-corrected chi connectivity index (χ1v) is 6.02. The quantitative estimate of drug-likeness (QED) is 0.560. The van der Waals surface area contributed by atoms with Crippen molar-refractivity contribution in [3.63, 3.8) is 0 Å². The predicted octanol–water partition coefficient (Wildman–Crippen LogP) is 0.717. The van der Waals surface area contributed by atoms with E-state index in [0.29, 0.717) is 18.0 Å². The second-order valence-corrected chi connectivity index (χ2v) is 3.76. The SMILES string of the molecule is CCOC(=O)CCNC(=O)COc1ccc(N)cc1.